The van der Waals surface area contributed by atoms with Crippen LogP contribution in [0.15, 0.2) is 48.5 Å². The summed E-state index contributed by atoms with van der Waals surface area (Å²) in [5.74, 6) is 0.622. The van der Waals surface area contributed by atoms with Crippen LogP contribution in [0.1, 0.15) is 20.3 Å². The Morgan fingerprint density at radius 2 is 1.54 bits per heavy atom. The van der Waals surface area contributed by atoms with Gasteiger partial charge in [-0.2, -0.15) is 0 Å². The summed E-state index contributed by atoms with van der Waals surface area (Å²) in [4.78, 5) is 24.7. The van der Waals surface area contributed by atoms with Crippen LogP contribution in [-0.2, 0) is 4.79 Å². The summed E-state index contributed by atoms with van der Waals surface area (Å²) in [6, 6.07) is 15.3. The molecule has 1 fully saturated rings. The third kappa shape index (κ3) is 3.56. The lowest BCUT2D eigenvalue weighted by atomic mass is 10.0. The van der Waals surface area contributed by atoms with Gasteiger partial charge in [-0.25, -0.2) is 4.79 Å². The zero-order chi connectivity index (χ0) is 17.1. The van der Waals surface area contributed by atoms with E-state index in [9.17, 15) is 9.59 Å². The SMILES string of the molecule is CC(C)Oc1ccc(-c2ccc(N3CCC(=O)NC3=O)cc2)cc1. The number of hydrogen-bond acceptors (Lipinski definition) is 3. The minimum absolute atomic E-state index is 0.151. The van der Waals surface area contributed by atoms with Gasteiger partial charge < -0.3 is 4.74 Å². The van der Waals surface area contributed by atoms with Gasteiger partial charge in [-0.1, -0.05) is 24.3 Å². The molecule has 5 heteroatoms. The lowest BCUT2D eigenvalue weighted by Gasteiger charge is -2.26. The van der Waals surface area contributed by atoms with E-state index < -0.39 is 0 Å². The third-order valence-electron chi connectivity index (χ3n) is 3.79. The molecule has 1 saturated heterocycles. The Balaban J connectivity index is 1.74. The molecule has 5 nitrogen and oxygen atoms in total. The third-order valence-corrected chi connectivity index (χ3v) is 3.79. The lowest BCUT2D eigenvalue weighted by molar-refractivity contribution is -0.120. The Morgan fingerprint density at radius 1 is 0.958 bits per heavy atom. The number of benzene rings is 2. The topological polar surface area (TPSA) is 58.6 Å². The van der Waals surface area contributed by atoms with Crippen LogP contribution in [-0.4, -0.2) is 24.6 Å². The van der Waals surface area contributed by atoms with E-state index >= 15 is 0 Å². The van der Waals surface area contributed by atoms with Gasteiger partial charge in [-0.05, 0) is 49.2 Å². The van der Waals surface area contributed by atoms with E-state index in [1.165, 1.54) is 0 Å². The van der Waals surface area contributed by atoms with E-state index in [2.05, 4.69) is 5.32 Å². The molecule has 0 aromatic heterocycles. The van der Waals surface area contributed by atoms with E-state index in [1.807, 2.05) is 62.4 Å². The van der Waals surface area contributed by atoms with Crippen LogP contribution >= 0.6 is 0 Å². The van der Waals surface area contributed by atoms with E-state index in [0.717, 1.165) is 22.6 Å². The fraction of sp³-hybridized carbons (Fsp3) is 0.263. The van der Waals surface area contributed by atoms with Crippen LogP contribution in [0.25, 0.3) is 11.1 Å². The number of ether oxygens (including phenoxy) is 1. The van der Waals surface area contributed by atoms with Crippen molar-refractivity contribution in [3.05, 3.63) is 48.5 Å². The largest absolute Gasteiger partial charge is 0.491 e. The molecular formula is C19H20N2O3. The van der Waals surface area contributed by atoms with E-state index in [1.54, 1.807) is 4.90 Å². The summed E-state index contributed by atoms with van der Waals surface area (Å²) in [5.41, 5.74) is 2.92. The van der Waals surface area contributed by atoms with Gasteiger partial charge in [0.05, 0.1) is 6.10 Å². The number of nitrogens with zero attached hydrogens (tertiary/aromatic N) is 1. The Hall–Kier alpha value is -2.82. The Kier molecular flexibility index (Phi) is 4.51. The smallest absolute Gasteiger partial charge is 0.328 e. The molecule has 24 heavy (non-hydrogen) atoms. The van der Waals surface area contributed by atoms with E-state index in [-0.39, 0.29) is 18.0 Å². The molecule has 124 valence electrons. The van der Waals surface area contributed by atoms with Crippen molar-refractivity contribution in [1.29, 1.82) is 0 Å². The zero-order valence-electron chi connectivity index (χ0n) is 13.8. The van der Waals surface area contributed by atoms with Crippen molar-refractivity contribution in [3.8, 4) is 16.9 Å². The summed E-state index contributed by atoms with van der Waals surface area (Å²) in [7, 11) is 0. The van der Waals surface area contributed by atoms with Gasteiger partial charge >= 0.3 is 6.03 Å². The molecule has 0 bridgehead atoms. The van der Waals surface area contributed by atoms with Crippen LogP contribution in [0.3, 0.4) is 0 Å². The van der Waals surface area contributed by atoms with Crippen molar-refractivity contribution in [3.63, 3.8) is 0 Å². The number of imide groups is 1. The van der Waals surface area contributed by atoms with Crippen molar-refractivity contribution < 1.29 is 14.3 Å². The summed E-state index contributed by atoms with van der Waals surface area (Å²) in [6.07, 6.45) is 0.475. The minimum Gasteiger partial charge on any atom is -0.491 e. The molecule has 3 amide bonds. The Labute approximate surface area is 141 Å². The number of carbonyl (C=O) groups excluding carboxylic acids is 2. The highest BCUT2D eigenvalue weighted by molar-refractivity contribution is 6.05. The summed E-state index contributed by atoms with van der Waals surface area (Å²) in [5, 5.41) is 2.33. The van der Waals surface area contributed by atoms with Crippen LogP contribution in [0.4, 0.5) is 10.5 Å². The fourth-order valence-electron chi connectivity index (χ4n) is 2.64. The first kappa shape index (κ1) is 16.1. The molecule has 3 rings (SSSR count). The first-order chi connectivity index (χ1) is 11.5. The van der Waals surface area contributed by atoms with Gasteiger partial charge in [0.25, 0.3) is 0 Å². The predicted octanol–water partition coefficient (Wildman–Crippen LogP) is 3.59. The summed E-state index contributed by atoms with van der Waals surface area (Å²) in [6.45, 7) is 4.40. The molecule has 2 aromatic carbocycles. The van der Waals surface area contributed by atoms with Crippen LogP contribution in [0.2, 0.25) is 0 Å². The number of nitrogens with one attached hydrogen (secondary N) is 1. The second kappa shape index (κ2) is 6.74. The van der Waals surface area contributed by atoms with E-state index in [4.69, 9.17) is 4.74 Å². The van der Waals surface area contributed by atoms with Crippen molar-refractivity contribution in [2.75, 3.05) is 11.4 Å². The van der Waals surface area contributed by atoms with Crippen LogP contribution in [0, 0.1) is 0 Å². The molecule has 0 atom stereocenters. The van der Waals surface area contributed by atoms with Gasteiger partial charge in [0.15, 0.2) is 0 Å². The molecule has 0 saturated carbocycles. The molecule has 1 aliphatic heterocycles. The van der Waals surface area contributed by atoms with Crippen molar-refractivity contribution in [1.82, 2.24) is 5.32 Å². The molecule has 1 heterocycles. The maximum Gasteiger partial charge on any atom is 0.328 e. The summed E-state index contributed by atoms with van der Waals surface area (Å²) >= 11 is 0. The van der Waals surface area contributed by atoms with Gasteiger partial charge in [0.2, 0.25) is 5.91 Å². The quantitative estimate of drug-likeness (QED) is 0.935. The monoisotopic (exact) mass is 324 g/mol. The first-order valence-corrected chi connectivity index (χ1v) is 8.01. The average Bonchev–Trinajstić information content (AvgIpc) is 2.55. The predicted molar refractivity (Wildman–Crippen MR) is 93.1 cm³/mol. The number of rotatable bonds is 4. The highest BCUT2D eigenvalue weighted by Crippen LogP contribution is 2.26. The minimum atomic E-state index is -0.366. The fourth-order valence-corrected chi connectivity index (χ4v) is 2.64. The number of amides is 3. The highest BCUT2D eigenvalue weighted by Gasteiger charge is 2.23. The maximum atomic E-state index is 11.9. The standard InChI is InChI=1S/C19H20N2O3/c1-13(2)24-17-9-5-15(6-10-17)14-3-7-16(8-4-14)21-12-11-18(22)20-19(21)23/h3-10,13H,11-12H2,1-2H3,(H,20,22,23). The van der Waals surface area contributed by atoms with Crippen molar-refractivity contribution in [2.45, 2.75) is 26.4 Å². The first-order valence-electron chi connectivity index (χ1n) is 8.01. The molecular weight excluding hydrogens is 304 g/mol. The van der Waals surface area contributed by atoms with Crippen molar-refractivity contribution >= 4 is 17.6 Å². The number of urea groups is 1. The molecule has 1 N–H and O–H groups in total. The Morgan fingerprint density at radius 3 is 2.08 bits per heavy atom. The van der Waals surface area contributed by atoms with Crippen LogP contribution in [0.5, 0.6) is 5.75 Å². The normalized spacial score (nSPS) is 14.7. The second-order valence-corrected chi connectivity index (χ2v) is 5.99. The zero-order valence-corrected chi connectivity index (χ0v) is 13.8. The van der Waals surface area contributed by atoms with Gasteiger partial charge in [0, 0.05) is 18.7 Å². The Bertz CT molecular complexity index is 736. The van der Waals surface area contributed by atoms with Crippen LogP contribution < -0.4 is 15.0 Å². The second-order valence-electron chi connectivity index (χ2n) is 5.99. The molecule has 0 radical (unpaired) electrons. The summed E-state index contributed by atoms with van der Waals surface area (Å²) < 4.78 is 5.65. The molecule has 0 spiro atoms. The molecule has 0 aliphatic carbocycles. The van der Waals surface area contributed by atoms with Gasteiger partial charge in [-0.15, -0.1) is 0 Å². The lowest BCUT2D eigenvalue weighted by Crippen LogP contribution is -2.49. The average molecular weight is 324 g/mol. The molecule has 0 unspecified atom stereocenters. The number of carbonyl (C=O) groups is 2. The van der Waals surface area contributed by atoms with Crippen molar-refractivity contribution in [2.24, 2.45) is 0 Å². The highest BCUT2D eigenvalue weighted by atomic mass is 16.5. The molecule has 1 aliphatic rings. The van der Waals surface area contributed by atoms with E-state index in [0.29, 0.717) is 13.0 Å². The van der Waals surface area contributed by atoms with Gasteiger partial charge in [-0.3, -0.25) is 15.0 Å². The number of anilines is 1. The molecule has 2 aromatic rings. The maximum absolute atomic E-state index is 11.9. The number of hydrogen-bond donors (Lipinski definition) is 1. The van der Waals surface area contributed by atoms with Gasteiger partial charge in [0.1, 0.15) is 5.75 Å².